The molecule has 0 radical (unpaired) electrons. The van der Waals surface area contributed by atoms with Crippen LogP contribution in [0.4, 0.5) is 14.7 Å². The van der Waals surface area contributed by atoms with Crippen LogP contribution in [0.5, 0.6) is 0 Å². The van der Waals surface area contributed by atoms with Crippen molar-refractivity contribution in [2.75, 3.05) is 11.1 Å². The van der Waals surface area contributed by atoms with Crippen LogP contribution < -0.4 is 10.9 Å². The van der Waals surface area contributed by atoms with Crippen molar-refractivity contribution in [3.8, 4) is 0 Å². The van der Waals surface area contributed by atoms with Gasteiger partial charge in [-0.25, -0.2) is 27.2 Å². The molecule has 32 heavy (non-hydrogen) atoms. The summed E-state index contributed by atoms with van der Waals surface area (Å²) in [6, 6.07) is 2.50. The van der Waals surface area contributed by atoms with Gasteiger partial charge in [0.15, 0.2) is 5.82 Å². The number of alkyl halides is 2. The Hall–Kier alpha value is -2.96. The third-order valence-electron chi connectivity index (χ3n) is 5.65. The van der Waals surface area contributed by atoms with Crippen molar-refractivity contribution in [1.82, 2.24) is 28.7 Å². The lowest BCUT2D eigenvalue weighted by Gasteiger charge is -2.35. The lowest BCUT2D eigenvalue weighted by molar-refractivity contribution is -0.0794. The minimum atomic E-state index is -3.70. The zero-order valence-corrected chi connectivity index (χ0v) is 17.8. The fourth-order valence-corrected chi connectivity index (χ4v) is 4.80. The van der Waals surface area contributed by atoms with Crippen LogP contribution in [0.15, 0.2) is 29.5 Å². The molecule has 2 saturated carbocycles. The van der Waals surface area contributed by atoms with Crippen LogP contribution in [0.25, 0.3) is 11.0 Å². The highest BCUT2D eigenvalue weighted by atomic mass is 32.2. The van der Waals surface area contributed by atoms with Gasteiger partial charge < -0.3 is 5.32 Å². The molecule has 0 aliphatic heterocycles. The first-order valence-corrected chi connectivity index (χ1v) is 12.0. The number of rotatable bonds is 8. The Morgan fingerprint density at radius 2 is 1.97 bits per heavy atom. The van der Waals surface area contributed by atoms with E-state index in [0.717, 1.165) is 16.9 Å². The third kappa shape index (κ3) is 4.20. The maximum absolute atomic E-state index is 13.1. The molecule has 10 nitrogen and oxygen atoms in total. The van der Waals surface area contributed by atoms with E-state index in [4.69, 9.17) is 0 Å². The van der Waals surface area contributed by atoms with Gasteiger partial charge >= 0.3 is 0 Å². The predicted octanol–water partition coefficient (Wildman–Crippen LogP) is 1.74. The van der Waals surface area contributed by atoms with E-state index in [1.807, 2.05) is 0 Å². The van der Waals surface area contributed by atoms with E-state index in [-0.39, 0.29) is 49.0 Å². The van der Waals surface area contributed by atoms with E-state index < -0.39 is 22.0 Å². The molecule has 1 N–H and O–H groups in total. The molecular formula is C19H21F2N7O3S. The van der Waals surface area contributed by atoms with Gasteiger partial charge in [-0.3, -0.25) is 9.36 Å². The molecular weight excluding hydrogens is 444 g/mol. The number of anilines is 1. The SMILES string of the molecule is O=c1ccc2cnc(NC3CC(F)(F)C3)nc2n1CCCS(=O)(=O)n1cnc(C2CC2)n1. The summed E-state index contributed by atoms with van der Waals surface area (Å²) in [4.78, 5) is 25.0. The van der Waals surface area contributed by atoms with Gasteiger partial charge in [0.25, 0.3) is 21.5 Å². The van der Waals surface area contributed by atoms with Gasteiger partial charge in [0, 0.05) is 49.0 Å². The smallest absolute Gasteiger partial charge is 0.255 e. The molecule has 2 aliphatic rings. The summed E-state index contributed by atoms with van der Waals surface area (Å²) < 4.78 is 53.6. The average molecular weight is 465 g/mol. The van der Waals surface area contributed by atoms with E-state index in [0.29, 0.717) is 16.9 Å². The Bertz CT molecular complexity index is 1330. The number of hydrogen-bond acceptors (Lipinski definition) is 8. The molecule has 2 aliphatic carbocycles. The fraction of sp³-hybridized carbons (Fsp3) is 0.526. The number of pyridine rings is 1. The lowest BCUT2D eigenvalue weighted by Crippen LogP contribution is -2.44. The quantitative estimate of drug-likeness (QED) is 0.533. The monoisotopic (exact) mass is 465 g/mol. The Kier molecular flexibility index (Phi) is 4.95. The molecule has 0 atom stereocenters. The number of aryl methyl sites for hydroxylation is 1. The van der Waals surface area contributed by atoms with E-state index in [9.17, 15) is 22.0 Å². The van der Waals surface area contributed by atoms with E-state index in [1.165, 1.54) is 23.2 Å². The van der Waals surface area contributed by atoms with Gasteiger partial charge in [0.05, 0.1) is 5.75 Å². The number of fused-ring (bicyclic) bond motifs is 1. The van der Waals surface area contributed by atoms with E-state index >= 15 is 0 Å². The highest BCUT2D eigenvalue weighted by Gasteiger charge is 2.45. The van der Waals surface area contributed by atoms with Crippen LogP contribution in [0, 0.1) is 0 Å². The van der Waals surface area contributed by atoms with Crippen LogP contribution in [0.1, 0.15) is 43.8 Å². The Morgan fingerprint density at radius 1 is 1.19 bits per heavy atom. The van der Waals surface area contributed by atoms with Crippen LogP contribution in [0.2, 0.25) is 0 Å². The summed E-state index contributed by atoms with van der Waals surface area (Å²) in [6.45, 7) is 0.109. The zero-order chi connectivity index (χ0) is 22.5. The molecule has 13 heteroatoms. The molecule has 0 bridgehead atoms. The number of hydrogen-bond donors (Lipinski definition) is 1. The summed E-state index contributed by atoms with van der Waals surface area (Å²) in [7, 11) is -3.70. The molecule has 2 fully saturated rings. The zero-order valence-electron chi connectivity index (χ0n) is 17.0. The normalized spacial score (nSPS) is 18.6. The van der Waals surface area contributed by atoms with E-state index in [2.05, 4.69) is 25.4 Å². The van der Waals surface area contributed by atoms with Crippen molar-refractivity contribution < 1.29 is 17.2 Å². The van der Waals surface area contributed by atoms with Gasteiger partial charge in [-0.05, 0) is 25.3 Å². The molecule has 3 heterocycles. The van der Waals surface area contributed by atoms with Gasteiger partial charge in [-0.2, -0.15) is 4.98 Å². The number of nitrogens with zero attached hydrogens (tertiary/aromatic N) is 6. The highest BCUT2D eigenvalue weighted by Crippen LogP contribution is 2.39. The summed E-state index contributed by atoms with van der Waals surface area (Å²) in [6.07, 6.45) is 4.22. The number of aromatic nitrogens is 6. The van der Waals surface area contributed by atoms with Crippen LogP contribution in [-0.4, -0.2) is 54.8 Å². The number of halogens is 2. The topological polar surface area (TPSA) is 125 Å². The summed E-state index contributed by atoms with van der Waals surface area (Å²) in [5.74, 6) is -1.96. The maximum atomic E-state index is 13.1. The molecule has 0 spiro atoms. The second-order valence-corrected chi connectivity index (χ2v) is 10.3. The first kappa shape index (κ1) is 20.9. The first-order valence-electron chi connectivity index (χ1n) is 10.4. The molecule has 170 valence electrons. The fourth-order valence-electron chi connectivity index (χ4n) is 3.73. The van der Waals surface area contributed by atoms with E-state index in [1.54, 1.807) is 6.07 Å². The van der Waals surface area contributed by atoms with Crippen molar-refractivity contribution in [2.24, 2.45) is 0 Å². The predicted molar refractivity (Wildman–Crippen MR) is 111 cm³/mol. The van der Waals surface area contributed by atoms with Crippen molar-refractivity contribution in [2.45, 2.75) is 56.5 Å². The van der Waals surface area contributed by atoms with Gasteiger partial charge in [-0.1, -0.05) is 0 Å². The third-order valence-corrected chi connectivity index (χ3v) is 7.20. The molecule has 0 aromatic carbocycles. The number of nitrogens with one attached hydrogen (secondary N) is 1. The second-order valence-electron chi connectivity index (χ2n) is 8.32. The summed E-state index contributed by atoms with van der Waals surface area (Å²) in [5, 5.41) is 7.51. The lowest BCUT2D eigenvalue weighted by atomic mass is 9.88. The standard InChI is InChI=1S/C19H21F2N7O3S/c20-19(21)8-14(9-19)24-18-22-10-13-4-5-15(29)27(17(13)25-18)6-1-7-32(30,31)28-11-23-16(26-28)12-2-3-12/h4-5,10-12,14H,1-3,6-9H2,(H,22,24,25). The average Bonchev–Trinajstić information content (AvgIpc) is 3.44. The minimum Gasteiger partial charge on any atom is -0.351 e. The second kappa shape index (κ2) is 7.57. The minimum absolute atomic E-state index is 0.109. The van der Waals surface area contributed by atoms with Gasteiger partial charge in [0.2, 0.25) is 5.95 Å². The molecule has 3 aromatic heterocycles. The molecule has 5 rings (SSSR count). The van der Waals surface area contributed by atoms with Crippen LogP contribution in [0.3, 0.4) is 0 Å². The van der Waals surface area contributed by atoms with Crippen molar-refractivity contribution >= 4 is 27.0 Å². The maximum Gasteiger partial charge on any atom is 0.255 e. The molecule has 0 amide bonds. The van der Waals surface area contributed by atoms with Gasteiger partial charge in [-0.15, -0.1) is 9.19 Å². The van der Waals surface area contributed by atoms with Gasteiger partial charge in [0.1, 0.15) is 12.0 Å². The summed E-state index contributed by atoms with van der Waals surface area (Å²) >= 11 is 0. The molecule has 0 unspecified atom stereocenters. The largest absolute Gasteiger partial charge is 0.351 e. The first-order chi connectivity index (χ1) is 15.2. The van der Waals surface area contributed by atoms with Crippen molar-refractivity contribution in [1.29, 1.82) is 0 Å². The van der Waals surface area contributed by atoms with Crippen molar-refractivity contribution in [3.63, 3.8) is 0 Å². The van der Waals surface area contributed by atoms with Crippen LogP contribution >= 0.6 is 0 Å². The summed E-state index contributed by atoms with van der Waals surface area (Å²) in [5.41, 5.74) is -0.0261. The highest BCUT2D eigenvalue weighted by molar-refractivity contribution is 7.89. The Morgan fingerprint density at radius 3 is 2.69 bits per heavy atom. The molecule has 3 aromatic rings. The Labute approximate surface area is 181 Å². The van der Waals surface area contributed by atoms with Crippen LogP contribution in [-0.2, 0) is 16.6 Å². The molecule has 0 saturated heterocycles. The van der Waals surface area contributed by atoms with Crippen molar-refractivity contribution in [3.05, 3.63) is 40.8 Å². The Balaban J connectivity index is 1.31.